The molecule has 0 aliphatic rings. The van der Waals surface area contributed by atoms with Crippen molar-refractivity contribution < 1.29 is 23.2 Å². The Bertz CT molecular complexity index is 801. The van der Waals surface area contributed by atoms with Crippen LogP contribution in [0.15, 0.2) is 51.6 Å². The number of hydrogen-bond acceptors (Lipinski definition) is 6. The molecule has 0 radical (unpaired) electrons. The molecule has 24 heavy (non-hydrogen) atoms. The van der Waals surface area contributed by atoms with Gasteiger partial charge in [0.05, 0.1) is 26.9 Å². The first kappa shape index (κ1) is 15.7. The molecule has 3 rings (SSSR count). The lowest BCUT2D eigenvalue weighted by Gasteiger charge is -2.08. The van der Waals surface area contributed by atoms with Crippen LogP contribution in [0.5, 0.6) is 11.5 Å². The van der Waals surface area contributed by atoms with Crippen LogP contribution in [-0.4, -0.2) is 25.3 Å². The highest BCUT2D eigenvalue weighted by Crippen LogP contribution is 2.24. The minimum atomic E-state index is -0.243. The summed E-state index contributed by atoms with van der Waals surface area (Å²) in [6.45, 7) is 0. The number of nitrogens with zero attached hydrogens (tertiary/aromatic N) is 1. The van der Waals surface area contributed by atoms with E-state index in [1.54, 1.807) is 56.9 Å². The fourth-order valence-electron chi connectivity index (χ4n) is 2.21. The summed E-state index contributed by atoms with van der Waals surface area (Å²) in [5.74, 6) is 1.82. The van der Waals surface area contributed by atoms with Gasteiger partial charge in [-0.1, -0.05) is 5.16 Å². The molecule has 0 aliphatic heterocycles. The number of hydrogen-bond donors (Lipinski definition) is 1. The molecule has 2 aromatic heterocycles. The van der Waals surface area contributed by atoms with Crippen molar-refractivity contribution in [1.82, 2.24) is 5.16 Å². The van der Waals surface area contributed by atoms with Gasteiger partial charge in [-0.25, -0.2) is 0 Å². The Labute approximate surface area is 138 Å². The number of carbonyl (C=O) groups excluding carboxylic acids is 1. The van der Waals surface area contributed by atoms with Crippen LogP contribution in [0, 0.1) is 0 Å². The summed E-state index contributed by atoms with van der Waals surface area (Å²) in [6, 6.07) is 10.4. The number of aromatic nitrogens is 1. The van der Waals surface area contributed by atoms with Gasteiger partial charge in [-0.3, -0.25) is 10.1 Å². The zero-order chi connectivity index (χ0) is 16.9. The van der Waals surface area contributed by atoms with Gasteiger partial charge in [0.1, 0.15) is 11.5 Å². The number of anilines is 1. The second kappa shape index (κ2) is 6.91. The molecule has 0 saturated heterocycles. The normalized spacial score (nSPS) is 10.4. The second-order valence-corrected chi connectivity index (χ2v) is 5.00. The first-order chi connectivity index (χ1) is 11.7. The first-order valence-electron chi connectivity index (χ1n) is 7.20. The molecule has 1 aromatic carbocycles. The van der Waals surface area contributed by atoms with Gasteiger partial charge in [-0.2, -0.15) is 0 Å². The van der Waals surface area contributed by atoms with E-state index >= 15 is 0 Å². The van der Waals surface area contributed by atoms with Crippen LogP contribution in [-0.2, 0) is 11.2 Å². The van der Waals surface area contributed by atoms with Crippen LogP contribution in [0.2, 0.25) is 0 Å². The number of amides is 1. The van der Waals surface area contributed by atoms with Crippen LogP contribution in [0.3, 0.4) is 0 Å². The van der Waals surface area contributed by atoms with Crippen LogP contribution in [0.4, 0.5) is 5.88 Å². The van der Waals surface area contributed by atoms with E-state index in [9.17, 15) is 4.79 Å². The monoisotopic (exact) mass is 328 g/mol. The molecule has 7 heteroatoms. The molecule has 0 aliphatic carbocycles. The molecule has 1 amide bonds. The quantitative estimate of drug-likeness (QED) is 0.748. The topological polar surface area (TPSA) is 86.7 Å². The van der Waals surface area contributed by atoms with E-state index < -0.39 is 0 Å². The predicted molar refractivity (Wildman–Crippen MR) is 86.1 cm³/mol. The molecule has 0 saturated carbocycles. The predicted octanol–water partition coefficient (Wildman–Crippen LogP) is 3.13. The van der Waals surface area contributed by atoms with E-state index in [0.717, 1.165) is 5.56 Å². The molecule has 124 valence electrons. The molecule has 3 aromatic rings. The maximum absolute atomic E-state index is 12.2. The molecular formula is C17H16N2O5. The Hall–Kier alpha value is -3.22. The van der Waals surface area contributed by atoms with Gasteiger partial charge in [0.15, 0.2) is 11.5 Å². The van der Waals surface area contributed by atoms with Crippen LogP contribution in [0.1, 0.15) is 5.56 Å². The van der Waals surface area contributed by atoms with Gasteiger partial charge < -0.3 is 18.4 Å². The average molecular weight is 328 g/mol. The molecule has 0 fully saturated rings. The smallest absolute Gasteiger partial charge is 0.231 e. The van der Waals surface area contributed by atoms with Gasteiger partial charge >= 0.3 is 0 Å². The number of carbonyl (C=O) groups is 1. The van der Waals surface area contributed by atoms with Gasteiger partial charge in [0, 0.05) is 12.1 Å². The third kappa shape index (κ3) is 3.57. The van der Waals surface area contributed by atoms with E-state index in [2.05, 4.69) is 10.5 Å². The van der Waals surface area contributed by atoms with Crippen molar-refractivity contribution in [2.75, 3.05) is 19.5 Å². The summed E-state index contributed by atoms with van der Waals surface area (Å²) < 4.78 is 20.7. The van der Waals surface area contributed by atoms with Crippen molar-refractivity contribution in [1.29, 1.82) is 0 Å². The maximum Gasteiger partial charge on any atom is 0.231 e. The van der Waals surface area contributed by atoms with Crippen molar-refractivity contribution in [3.63, 3.8) is 0 Å². The zero-order valence-electron chi connectivity index (χ0n) is 13.2. The standard InChI is InChI=1S/C17H16N2O5/c1-21-12-6-11(7-13(9-12)22-2)8-16(20)18-17-10-14(19-24-17)15-4-3-5-23-15/h3-7,9-10H,8H2,1-2H3,(H,18,20). The Kier molecular flexibility index (Phi) is 4.51. The molecule has 7 nitrogen and oxygen atoms in total. The largest absolute Gasteiger partial charge is 0.497 e. The molecule has 0 spiro atoms. The Morgan fingerprint density at radius 2 is 1.92 bits per heavy atom. The lowest BCUT2D eigenvalue weighted by atomic mass is 10.1. The molecule has 1 N–H and O–H groups in total. The highest BCUT2D eigenvalue weighted by Gasteiger charge is 2.12. The highest BCUT2D eigenvalue weighted by molar-refractivity contribution is 5.91. The van der Waals surface area contributed by atoms with Crippen molar-refractivity contribution in [2.24, 2.45) is 0 Å². The van der Waals surface area contributed by atoms with Gasteiger partial charge in [0.2, 0.25) is 11.8 Å². The molecule has 0 atom stereocenters. The highest BCUT2D eigenvalue weighted by atomic mass is 16.5. The minimum absolute atomic E-state index is 0.143. The third-order valence-corrected chi connectivity index (χ3v) is 3.32. The van der Waals surface area contributed by atoms with Crippen molar-refractivity contribution in [3.05, 3.63) is 48.2 Å². The van der Waals surface area contributed by atoms with Crippen LogP contribution >= 0.6 is 0 Å². The van der Waals surface area contributed by atoms with E-state index in [4.69, 9.17) is 18.4 Å². The summed E-state index contributed by atoms with van der Waals surface area (Å²) in [6.07, 6.45) is 1.68. The van der Waals surface area contributed by atoms with Crippen molar-refractivity contribution in [2.45, 2.75) is 6.42 Å². The molecule has 2 heterocycles. The summed E-state index contributed by atoms with van der Waals surface area (Å²) in [5, 5.41) is 6.51. The summed E-state index contributed by atoms with van der Waals surface area (Å²) >= 11 is 0. The Balaban J connectivity index is 1.68. The number of ether oxygens (including phenoxy) is 2. The SMILES string of the molecule is COc1cc(CC(=O)Nc2cc(-c3ccco3)no2)cc(OC)c1. The fraction of sp³-hybridized carbons (Fsp3) is 0.176. The van der Waals surface area contributed by atoms with Gasteiger partial charge in [-0.05, 0) is 29.8 Å². The van der Waals surface area contributed by atoms with Crippen LogP contribution in [0.25, 0.3) is 11.5 Å². The average Bonchev–Trinajstić information content (AvgIpc) is 3.25. The summed E-state index contributed by atoms with van der Waals surface area (Å²) in [7, 11) is 3.12. The Morgan fingerprint density at radius 3 is 2.54 bits per heavy atom. The lowest BCUT2D eigenvalue weighted by Crippen LogP contribution is -2.14. The van der Waals surface area contributed by atoms with Crippen LogP contribution < -0.4 is 14.8 Å². The van der Waals surface area contributed by atoms with E-state index in [1.807, 2.05) is 0 Å². The van der Waals surface area contributed by atoms with E-state index in [1.165, 1.54) is 0 Å². The molecule has 0 unspecified atom stereocenters. The number of nitrogens with one attached hydrogen (secondary N) is 1. The first-order valence-corrected chi connectivity index (χ1v) is 7.20. The maximum atomic E-state index is 12.2. The second-order valence-electron chi connectivity index (χ2n) is 5.00. The number of furan rings is 1. The number of methoxy groups -OCH3 is 2. The van der Waals surface area contributed by atoms with Gasteiger partial charge in [0.25, 0.3) is 0 Å². The van der Waals surface area contributed by atoms with E-state index in [0.29, 0.717) is 23.0 Å². The third-order valence-electron chi connectivity index (χ3n) is 3.32. The summed E-state index contributed by atoms with van der Waals surface area (Å²) in [5.41, 5.74) is 1.27. The molecular weight excluding hydrogens is 312 g/mol. The lowest BCUT2D eigenvalue weighted by molar-refractivity contribution is -0.115. The zero-order valence-corrected chi connectivity index (χ0v) is 13.2. The number of rotatable bonds is 6. The minimum Gasteiger partial charge on any atom is -0.497 e. The van der Waals surface area contributed by atoms with Gasteiger partial charge in [-0.15, -0.1) is 0 Å². The van der Waals surface area contributed by atoms with Crippen molar-refractivity contribution in [3.8, 4) is 23.0 Å². The molecule has 0 bridgehead atoms. The number of benzene rings is 1. The summed E-state index contributed by atoms with van der Waals surface area (Å²) in [4.78, 5) is 12.2. The van der Waals surface area contributed by atoms with Crippen molar-refractivity contribution >= 4 is 11.8 Å². The fourth-order valence-corrected chi connectivity index (χ4v) is 2.21. The van der Waals surface area contributed by atoms with E-state index in [-0.39, 0.29) is 18.2 Å². The Morgan fingerprint density at radius 1 is 1.17 bits per heavy atom.